The van der Waals surface area contributed by atoms with Crippen LogP contribution in [0.5, 0.6) is 0 Å². The molecule has 0 saturated carbocycles. The van der Waals surface area contributed by atoms with Crippen molar-refractivity contribution >= 4 is 28.7 Å². The summed E-state index contributed by atoms with van der Waals surface area (Å²) in [4.78, 5) is 11.7. The molecular formula is C16H27IN2O3. The molecule has 22 heavy (non-hydrogen) atoms. The van der Waals surface area contributed by atoms with Gasteiger partial charge in [-0.25, -0.2) is 4.79 Å². The first-order valence-corrected chi connectivity index (χ1v) is 8.82. The summed E-state index contributed by atoms with van der Waals surface area (Å²) >= 11 is 2.15. The fourth-order valence-corrected chi connectivity index (χ4v) is 2.40. The van der Waals surface area contributed by atoms with Gasteiger partial charge in [-0.2, -0.15) is 0 Å². The predicted octanol–water partition coefficient (Wildman–Crippen LogP) is 4.06. The lowest BCUT2D eigenvalue weighted by atomic mass is 10.1. The number of carbonyl (C=O) groups is 1. The number of halogens is 1. The van der Waals surface area contributed by atoms with E-state index < -0.39 is 5.60 Å². The van der Waals surface area contributed by atoms with E-state index in [4.69, 9.17) is 9.15 Å². The molecule has 6 heteroatoms. The Bertz CT molecular complexity index is 454. The SMILES string of the molecule is CCCCC(CNC(=O)OC(C)(C)C)NCc1ccc(I)o1. The van der Waals surface area contributed by atoms with Gasteiger partial charge in [0.2, 0.25) is 0 Å². The molecule has 5 nitrogen and oxygen atoms in total. The maximum absolute atomic E-state index is 11.7. The third-order valence-electron chi connectivity index (χ3n) is 2.99. The number of alkyl carbamates (subject to hydrolysis) is 1. The number of ether oxygens (including phenoxy) is 1. The molecule has 2 N–H and O–H groups in total. The summed E-state index contributed by atoms with van der Waals surface area (Å²) in [6.45, 7) is 8.95. The second-order valence-corrected chi connectivity index (χ2v) is 7.37. The van der Waals surface area contributed by atoms with Crippen LogP contribution in [0.25, 0.3) is 0 Å². The van der Waals surface area contributed by atoms with E-state index in [1.807, 2.05) is 32.9 Å². The molecule has 0 bridgehead atoms. The normalized spacial score (nSPS) is 13.0. The minimum absolute atomic E-state index is 0.204. The Hall–Kier alpha value is -0.760. The fourth-order valence-electron chi connectivity index (χ4n) is 1.94. The Balaban J connectivity index is 2.41. The zero-order chi connectivity index (χ0) is 16.6. The van der Waals surface area contributed by atoms with Gasteiger partial charge < -0.3 is 19.8 Å². The van der Waals surface area contributed by atoms with Crippen molar-refractivity contribution < 1.29 is 13.9 Å². The van der Waals surface area contributed by atoms with Crippen LogP contribution < -0.4 is 10.6 Å². The predicted molar refractivity (Wildman–Crippen MR) is 95.8 cm³/mol. The highest BCUT2D eigenvalue weighted by Crippen LogP contribution is 2.11. The summed E-state index contributed by atoms with van der Waals surface area (Å²) in [6.07, 6.45) is 2.87. The first-order chi connectivity index (χ1) is 10.3. The van der Waals surface area contributed by atoms with E-state index in [0.29, 0.717) is 13.1 Å². The van der Waals surface area contributed by atoms with Crippen molar-refractivity contribution in [3.8, 4) is 0 Å². The summed E-state index contributed by atoms with van der Waals surface area (Å²) in [6, 6.07) is 4.11. The van der Waals surface area contributed by atoms with Gasteiger partial charge in [-0.15, -0.1) is 0 Å². The molecule has 0 saturated heterocycles. The van der Waals surface area contributed by atoms with Gasteiger partial charge in [0.1, 0.15) is 11.4 Å². The number of hydrogen-bond donors (Lipinski definition) is 2. The Kier molecular flexibility index (Phi) is 8.24. The van der Waals surface area contributed by atoms with E-state index in [0.717, 1.165) is 28.8 Å². The number of carbonyl (C=O) groups excluding carboxylic acids is 1. The quantitative estimate of drug-likeness (QED) is 0.621. The molecule has 1 aromatic rings. The van der Waals surface area contributed by atoms with Gasteiger partial charge in [0.15, 0.2) is 3.77 Å². The third kappa shape index (κ3) is 8.63. The molecule has 1 rings (SSSR count). The summed E-state index contributed by atoms with van der Waals surface area (Å²) in [7, 11) is 0. The van der Waals surface area contributed by atoms with Gasteiger partial charge >= 0.3 is 6.09 Å². The van der Waals surface area contributed by atoms with E-state index >= 15 is 0 Å². The summed E-state index contributed by atoms with van der Waals surface area (Å²) < 4.78 is 11.7. The van der Waals surface area contributed by atoms with E-state index in [-0.39, 0.29) is 12.1 Å². The van der Waals surface area contributed by atoms with Gasteiger partial charge in [-0.05, 0) is 61.9 Å². The molecule has 1 unspecified atom stereocenters. The molecule has 126 valence electrons. The molecule has 1 aromatic heterocycles. The maximum Gasteiger partial charge on any atom is 0.407 e. The second-order valence-electron chi connectivity index (χ2n) is 6.31. The molecule has 1 atom stereocenters. The van der Waals surface area contributed by atoms with Crippen molar-refractivity contribution in [3.63, 3.8) is 0 Å². The van der Waals surface area contributed by atoms with E-state index in [9.17, 15) is 4.79 Å². The number of rotatable bonds is 8. The zero-order valence-corrected chi connectivity index (χ0v) is 16.0. The lowest BCUT2D eigenvalue weighted by molar-refractivity contribution is 0.0521. The molecule has 1 amide bonds. The minimum Gasteiger partial charge on any atom is -0.454 e. The van der Waals surface area contributed by atoms with Crippen LogP contribution >= 0.6 is 22.6 Å². The summed E-state index contributed by atoms with van der Waals surface area (Å²) in [5, 5.41) is 6.27. The van der Waals surface area contributed by atoms with Crippen molar-refractivity contribution in [1.29, 1.82) is 0 Å². The zero-order valence-electron chi connectivity index (χ0n) is 13.9. The Morgan fingerprint density at radius 3 is 2.68 bits per heavy atom. The highest BCUT2D eigenvalue weighted by atomic mass is 127. The number of unbranched alkanes of at least 4 members (excludes halogenated alkanes) is 1. The van der Waals surface area contributed by atoms with Crippen molar-refractivity contribution in [2.45, 2.75) is 65.1 Å². The number of hydrogen-bond acceptors (Lipinski definition) is 4. The Morgan fingerprint density at radius 1 is 1.41 bits per heavy atom. The summed E-state index contributed by atoms with van der Waals surface area (Å²) in [5.74, 6) is 0.906. The molecule has 0 aliphatic rings. The smallest absolute Gasteiger partial charge is 0.407 e. The molecule has 0 aromatic carbocycles. The molecule has 0 aliphatic carbocycles. The second kappa shape index (κ2) is 9.39. The van der Waals surface area contributed by atoms with Crippen molar-refractivity contribution in [3.05, 3.63) is 21.7 Å². The largest absolute Gasteiger partial charge is 0.454 e. The van der Waals surface area contributed by atoms with Crippen LogP contribution in [0, 0.1) is 3.77 Å². The van der Waals surface area contributed by atoms with Gasteiger partial charge in [0.05, 0.1) is 6.54 Å². The lowest BCUT2D eigenvalue weighted by Gasteiger charge is -2.22. The first-order valence-electron chi connectivity index (χ1n) is 7.74. The number of furan rings is 1. The van der Waals surface area contributed by atoms with E-state index in [2.05, 4.69) is 40.1 Å². The molecular weight excluding hydrogens is 395 g/mol. The first kappa shape index (κ1) is 19.3. The number of nitrogens with one attached hydrogen (secondary N) is 2. The van der Waals surface area contributed by atoms with Crippen molar-refractivity contribution in [2.75, 3.05) is 6.54 Å². The average Bonchev–Trinajstić information content (AvgIpc) is 2.81. The van der Waals surface area contributed by atoms with Crippen molar-refractivity contribution in [1.82, 2.24) is 10.6 Å². The molecule has 0 fully saturated rings. The van der Waals surface area contributed by atoms with Crippen LogP contribution in [0.2, 0.25) is 0 Å². The molecule has 0 aliphatic heterocycles. The topological polar surface area (TPSA) is 63.5 Å². The highest BCUT2D eigenvalue weighted by Gasteiger charge is 2.17. The number of amides is 1. The van der Waals surface area contributed by atoms with E-state index in [1.165, 1.54) is 0 Å². The van der Waals surface area contributed by atoms with Crippen LogP contribution in [0.3, 0.4) is 0 Å². The highest BCUT2D eigenvalue weighted by molar-refractivity contribution is 14.1. The van der Waals surface area contributed by atoms with Crippen molar-refractivity contribution in [2.24, 2.45) is 0 Å². The van der Waals surface area contributed by atoms with Crippen LogP contribution in [-0.4, -0.2) is 24.3 Å². The molecule has 0 spiro atoms. The van der Waals surface area contributed by atoms with Crippen LogP contribution in [0.15, 0.2) is 16.5 Å². The van der Waals surface area contributed by atoms with Crippen LogP contribution in [-0.2, 0) is 11.3 Å². The van der Waals surface area contributed by atoms with Gasteiger partial charge in [0, 0.05) is 12.6 Å². The van der Waals surface area contributed by atoms with Gasteiger partial charge in [-0.3, -0.25) is 0 Å². The monoisotopic (exact) mass is 422 g/mol. The van der Waals surface area contributed by atoms with E-state index in [1.54, 1.807) is 0 Å². The molecule has 1 heterocycles. The fraction of sp³-hybridized carbons (Fsp3) is 0.688. The third-order valence-corrected chi connectivity index (χ3v) is 3.57. The molecule has 0 radical (unpaired) electrons. The van der Waals surface area contributed by atoms with Gasteiger partial charge in [0.25, 0.3) is 0 Å². The lowest BCUT2D eigenvalue weighted by Crippen LogP contribution is -2.42. The maximum atomic E-state index is 11.7. The van der Waals surface area contributed by atoms with Gasteiger partial charge in [-0.1, -0.05) is 19.8 Å². The Labute approximate surface area is 146 Å². The standard InChI is InChI=1S/C16H27IN2O3/c1-5-6-7-12(10-19-15(20)22-16(2,3)4)18-11-13-8-9-14(17)21-13/h8-9,12,18H,5-7,10-11H2,1-4H3,(H,19,20). The summed E-state index contributed by atoms with van der Waals surface area (Å²) in [5.41, 5.74) is -0.471. The van der Waals surface area contributed by atoms with Crippen LogP contribution in [0.4, 0.5) is 4.79 Å². The average molecular weight is 422 g/mol. The van der Waals surface area contributed by atoms with Crippen LogP contribution in [0.1, 0.15) is 52.7 Å². The minimum atomic E-state index is -0.471. The Morgan fingerprint density at radius 2 is 2.14 bits per heavy atom.